The van der Waals surface area contributed by atoms with Gasteiger partial charge in [-0.15, -0.1) is 0 Å². The summed E-state index contributed by atoms with van der Waals surface area (Å²) >= 11 is 0. The van der Waals surface area contributed by atoms with E-state index in [1.165, 1.54) is 0 Å². The summed E-state index contributed by atoms with van der Waals surface area (Å²) in [5, 5.41) is 10.5. The Hall–Kier alpha value is -2.67. The van der Waals surface area contributed by atoms with E-state index >= 15 is 0 Å². The van der Waals surface area contributed by atoms with Crippen LogP contribution in [0.2, 0.25) is 0 Å². The van der Waals surface area contributed by atoms with Gasteiger partial charge in [-0.05, 0) is 61.3 Å². The zero-order valence-corrected chi connectivity index (χ0v) is 17.2. The highest BCUT2D eigenvalue weighted by atomic mass is 16.5. The van der Waals surface area contributed by atoms with E-state index in [2.05, 4.69) is 14.9 Å². The predicted octanol–water partition coefficient (Wildman–Crippen LogP) is 2.30. The third-order valence-electron chi connectivity index (χ3n) is 6.77. The second kappa shape index (κ2) is 7.87. The Bertz CT molecular complexity index is 912. The summed E-state index contributed by atoms with van der Waals surface area (Å²) in [5.41, 5.74) is 1.89. The van der Waals surface area contributed by atoms with Crippen LogP contribution in [0.4, 0.5) is 5.82 Å². The van der Waals surface area contributed by atoms with Crippen molar-refractivity contribution in [1.82, 2.24) is 14.9 Å². The minimum atomic E-state index is -0.386. The molecule has 1 atom stereocenters. The molecule has 158 valence electrons. The summed E-state index contributed by atoms with van der Waals surface area (Å²) in [6.07, 6.45) is 9.25. The van der Waals surface area contributed by atoms with Gasteiger partial charge < -0.3 is 19.6 Å². The molecule has 1 amide bonds. The van der Waals surface area contributed by atoms with Crippen molar-refractivity contribution in [2.75, 3.05) is 37.7 Å². The molecule has 3 aliphatic heterocycles. The SMILES string of the molecule is O=C(c1ccc2c(c1)CCCO2)N1CCC2(CC1)CC(O)CN(c1cnccn1)C2. The van der Waals surface area contributed by atoms with Crippen molar-refractivity contribution >= 4 is 11.7 Å². The fraction of sp³-hybridized carbons (Fsp3) is 0.522. The number of piperidine rings is 2. The zero-order chi connectivity index (χ0) is 20.6. The molecular formula is C23H28N4O3. The molecule has 0 aliphatic carbocycles. The van der Waals surface area contributed by atoms with Crippen LogP contribution in [0, 0.1) is 5.41 Å². The molecule has 3 aliphatic rings. The quantitative estimate of drug-likeness (QED) is 0.822. The molecule has 1 spiro atoms. The summed E-state index contributed by atoms with van der Waals surface area (Å²) < 4.78 is 5.67. The highest BCUT2D eigenvalue weighted by Crippen LogP contribution is 2.41. The third kappa shape index (κ3) is 3.74. The summed E-state index contributed by atoms with van der Waals surface area (Å²) in [4.78, 5) is 25.8. The number of aryl methyl sites for hydroxylation is 1. The first kappa shape index (κ1) is 19.3. The van der Waals surface area contributed by atoms with E-state index in [9.17, 15) is 9.90 Å². The van der Waals surface area contributed by atoms with Gasteiger partial charge in [0.25, 0.3) is 5.91 Å². The number of amides is 1. The van der Waals surface area contributed by atoms with Crippen LogP contribution >= 0.6 is 0 Å². The summed E-state index contributed by atoms with van der Waals surface area (Å²) in [5.74, 6) is 1.82. The Morgan fingerprint density at radius 2 is 2.10 bits per heavy atom. The van der Waals surface area contributed by atoms with E-state index in [0.29, 0.717) is 19.6 Å². The standard InChI is InChI=1S/C23H28N4O3/c28-19-13-23(16-27(15-19)21-14-24-7-8-25-21)5-9-26(10-6-23)22(29)18-3-4-20-17(12-18)2-1-11-30-20/h3-4,7-8,12,14,19,28H,1-2,5-6,9-11,13,15-16H2. The van der Waals surface area contributed by atoms with Gasteiger partial charge in [0.15, 0.2) is 0 Å². The molecule has 4 heterocycles. The minimum Gasteiger partial charge on any atom is -0.493 e. The van der Waals surface area contributed by atoms with Crippen LogP contribution in [0.15, 0.2) is 36.8 Å². The van der Waals surface area contributed by atoms with Crippen molar-refractivity contribution < 1.29 is 14.6 Å². The second-order valence-electron chi connectivity index (χ2n) is 8.87. The van der Waals surface area contributed by atoms with Crippen molar-refractivity contribution in [2.45, 2.75) is 38.2 Å². The first-order chi connectivity index (χ1) is 14.6. The fourth-order valence-electron chi connectivity index (χ4n) is 5.20. The highest BCUT2D eigenvalue weighted by molar-refractivity contribution is 5.94. The van der Waals surface area contributed by atoms with Gasteiger partial charge in [0, 0.05) is 44.1 Å². The predicted molar refractivity (Wildman–Crippen MR) is 113 cm³/mol. The maximum absolute atomic E-state index is 13.1. The zero-order valence-electron chi connectivity index (χ0n) is 17.2. The van der Waals surface area contributed by atoms with Crippen molar-refractivity contribution in [1.29, 1.82) is 0 Å². The molecule has 1 aromatic heterocycles. The molecule has 1 aromatic carbocycles. The third-order valence-corrected chi connectivity index (χ3v) is 6.77. The molecule has 5 rings (SSSR count). The van der Waals surface area contributed by atoms with E-state index in [-0.39, 0.29) is 17.4 Å². The number of aliphatic hydroxyl groups excluding tert-OH is 1. The van der Waals surface area contributed by atoms with Gasteiger partial charge >= 0.3 is 0 Å². The number of carbonyl (C=O) groups excluding carboxylic acids is 1. The molecule has 30 heavy (non-hydrogen) atoms. The molecule has 1 unspecified atom stereocenters. The number of fused-ring (bicyclic) bond motifs is 1. The molecule has 2 fully saturated rings. The summed E-state index contributed by atoms with van der Waals surface area (Å²) in [7, 11) is 0. The van der Waals surface area contributed by atoms with Gasteiger partial charge in [0.05, 0.1) is 18.9 Å². The van der Waals surface area contributed by atoms with Gasteiger partial charge in [-0.1, -0.05) is 0 Å². The Morgan fingerprint density at radius 3 is 2.90 bits per heavy atom. The molecule has 2 aromatic rings. The molecule has 0 radical (unpaired) electrons. The smallest absolute Gasteiger partial charge is 0.253 e. The lowest BCUT2D eigenvalue weighted by atomic mass is 9.71. The lowest BCUT2D eigenvalue weighted by Crippen LogP contribution is -2.54. The van der Waals surface area contributed by atoms with Gasteiger partial charge in [-0.25, -0.2) is 4.98 Å². The normalized spacial score (nSPS) is 23.0. The first-order valence-corrected chi connectivity index (χ1v) is 10.9. The molecule has 7 heteroatoms. The van der Waals surface area contributed by atoms with E-state index in [4.69, 9.17) is 4.74 Å². The Balaban J connectivity index is 1.27. The molecule has 2 saturated heterocycles. The van der Waals surface area contributed by atoms with Gasteiger partial charge in [0.2, 0.25) is 0 Å². The van der Waals surface area contributed by atoms with Crippen molar-refractivity contribution in [3.05, 3.63) is 47.9 Å². The van der Waals surface area contributed by atoms with E-state index < -0.39 is 0 Å². The van der Waals surface area contributed by atoms with Gasteiger partial charge in [-0.2, -0.15) is 0 Å². The van der Waals surface area contributed by atoms with Crippen molar-refractivity contribution in [3.8, 4) is 5.75 Å². The number of rotatable bonds is 2. The van der Waals surface area contributed by atoms with Crippen LogP contribution in [0.1, 0.15) is 41.6 Å². The average Bonchev–Trinajstić information content (AvgIpc) is 2.79. The largest absolute Gasteiger partial charge is 0.493 e. The van der Waals surface area contributed by atoms with Crippen molar-refractivity contribution in [3.63, 3.8) is 0 Å². The molecule has 7 nitrogen and oxygen atoms in total. The van der Waals surface area contributed by atoms with Crippen LogP contribution in [-0.2, 0) is 6.42 Å². The topological polar surface area (TPSA) is 78.8 Å². The Morgan fingerprint density at radius 1 is 1.23 bits per heavy atom. The Kier molecular flexibility index (Phi) is 5.06. The average molecular weight is 409 g/mol. The molecule has 0 bridgehead atoms. The lowest BCUT2D eigenvalue weighted by molar-refractivity contribution is 0.0246. The monoisotopic (exact) mass is 408 g/mol. The first-order valence-electron chi connectivity index (χ1n) is 10.9. The summed E-state index contributed by atoms with van der Waals surface area (Å²) in [6, 6.07) is 5.82. The lowest BCUT2D eigenvalue weighted by Gasteiger charge is -2.49. The van der Waals surface area contributed by atoms with Crippen LogP contribution in [0.25, 0.3) is 0 Å². The minimum absolute atomic E-state index is 0.00958. The Labute approximate surface area is 176 Å². The second-order valence-corrected chi connectivity index (χ2v) is 8.87. The summed E-state index contributed by atoms with van der Waals surface area (Å²) in [6.45, 7) is 3.62. The van der Waals surface area contributed by atoms with Crippen LogP contribution in [0.5, 0.6) is 5.75 Å². The van der Waals surface area contributed by atoms with Gasteiger partial charge in [0.1, 0.15) is 11.6 Å². The number of carbonyl (C=O) groups is 1. The number of nitrogens with zero attached hydrogens (tertiary/aromatic N) is 4. The van der Waals surface area contributed by atoms with Crippen LogP contribution in [-0.4, -0.2) is 64.8 Å². The molecule has 0 saturated carbocycles. The number of aliphatic hydroxyl groups is 1. The molecule has 1 N–H and O–H groups in total. The number of likely N-dealkylation sites (tertiary alicyclic amines) is 1. The van der Waals surface area contributed by atoms with Crippen LogP contribution < -0.4 is 9.64 Å². The van der Waals surface area contributed by atoms with E-state index in [1.807, 2.05) is 23.1 Å². The van der Waals surface area contributed by atoms with Gasteiger partial charge in [-0.3, -0.25) is 9.78 Å². The van der Waals surface area contributed by atoms with Crippen molar-refractivity contribution in [2.24, 2.45) is 5.41 Å². The maximum Gasteiger partial charge on any atom is 0.253 e. The van der Waals surface area contributed by atoms with Crippen LogP contribution in [0.3, 0.4) is 0 Å². The van der Waals surface area contributed by atoms with E-state index in [0.717, 1.165) is 68.0 Å². The number of benzene rings is 1. The maximum atomic E-state index is 13.1. The number of hydrogen-bond acceptors (Lipinski definition) is 6. The number of ether oxygens (including phenoxy) is 1. The highest BCUT2D eigenvalue weighted by Gasteiger charge is 2.42. The number of hydrogen-bond donors (Lipinski definition) is 1. The molecular weight excluding hydrogens is 380 g/mol. The number of β-amino-alcohol motifs (C(OH)–C–C–N with tert-alkyl or cyclic N) is 1. The van der Waals surface area contributed by atoms with E-state index in [1.54, 1.807) is 18.6 Å². The number of aromatic nitrogens is 2. The fourth-order valence-corrected chi connectivity index (χ4v) is 5.20. The number of anilines is 1.